The fraction of sp³-hybridized carbons (Fsp3) is 0.261. The van der Waals surface area contributed by atoms with Crippen molar-refractivity contribution in [3.05, 3.63) is 66.6 Å². The number of aromatic nitrogens is 4. The van der Waals surface area contributed by atoms with E-state index in [2.05, 4.69) is 14.8 Å². The molecule has 0 spiro atoms. The molecule has 0 unspecified atom stereocenters. The van der Waals surface area contributed by atoms with Crippen molar-refractivity contribution in [3.63, 3.8) is 0 Å². The number of nitrogens with one attached hydrogen (secondary N) is 1. The van der Waals surface area contributed by atoms with E-state index in [1.54, 1.807) is 28.7 Å². The minimum Gasteiger partial charge on any atom is -0.346 e. The van der Waals surface area contributed by atoms with E-state index in [-0.39, 0.29) is 16.9 Å². The first-order chi connectivity index (χ1) is 15.5. The molecule has 0 amide bonds. The van der Waals surface area contributed by atoms with Gasteiger partial charge in [0.15, 0.2) is 0 Å². The first-order valence-corrected chi connectivity index (χ1v) is 11.9. The molecule has 5 rings (SSSR count). The van der Waals surface area contributed by atoms with Crippen molar-refractivity contribution in [3.8, 4) is 17.3 Å². The SMILES string of the molecule is C[C@@H]1C[C@H](Cn2ccc3nc(-c4cn[nH]c4)ccc32)CN1S(=O)(=O)c1cccc(C#N)c1. The zero-order chi connectivity index (χ0) is 22.3. The van der Waals surface area contributed by atoms with Gasteiger partial charge in [0.1, 0.15) is 0 Å². The topological polar surface area (TPSA) is 108 Å². The number of sulfonamides is 1. The molecule has 0 radical (unpaired) electrons. The van der Waals surface area contributed by atoms with Crippen molar-refractivity contribution in [2.45, 2.75) is 30.8 Å². The van der Waals surface area contributed by atoms with Gasteiger partial charge in [-0.3, -0.25) is 5.10 Å². The van der Waals surface area contributed by atoms with Gasteiger partial charge in [0.2, 0.25) is 10.0 Å². The van der Waals surface area contributed by atoms with E-state index in [4.69, 9.17) is 10.2 Å². The number of hydrogen-bond acceptors (Lipinski definition) is 5. The molecule has 32 heavy (non-hydrogen) atoms. The monoisotopic (exact) mass is 446 g/mol. The Labute approximate surface area is 186 Å². The van der Waals surface area contributed by atoms with E-state index < -0.39 is 10.0 Å². The minimum atomic E-state index is -3.65. The fourth-order valence-corrected chi connectivity index (χ4v) is 6.26. The van der Waals surface area contributed by atoms with Gasteiger partial charge in [-0.25, -0.2) is 13.4 Å². The molecule has 0 saturated carbocycles. The molecule has 1 fully saturated rings. The van der Waals surface area contributed by atoms with E-state index in [1.807, 2.05) is 43.6 Å². The molecule has 8 nitrogen and oxygen atoms in total. The Morgan fingerprint density at radius 2 is 2.12 bits per heavy atom. The van der Waals surface area contributed by atoms with Gasteiger partial charge >= 0.3 is 0 Å². The highest BCUT2D eigenvalue weighted by Crippen LogP contribution is 2.31. The predicted octanol–water partition coefficient (Wildman–Crippen LogP) is 3.40. The lowest BCUT2D eigenvalue weighted by molar-refractivity contribution is 0.399. The summed E-state index contributed by atoms with van der Waals surface area (Å²) in [7, 11) is -3.65. The second kappa shape index (κ2) is 7.89. The van der Waals surface area contributed by atoms with Crippen molar-refractivity contribution in [2.24, 2.45) is 5.92 Å². The smallest absolute Gasteiger partial charge is 0.243 e. The van der Waals surface area contributed by atoms with Crippen LogP contribution in [0.25, 0.3) is 22.3 Å². The highest BCUT2D eigenvalue weighted by atomic mass is 32.2. The highest BCUT2D eigenvalue weighted by Gasteiger charge is 2.38. The molecular formula is C23H22N6O2S. The van der Waals surface area contributed by atoms with Crippen LogP contribution in [0.15, 0.2) is 66.0 Å². The third kappa shape index (κ3) is 3.57. The Balaban J connectivity index is 1.36. The number of nitriles is 1. The van der Waals surface area contributed by atoms with Gasteiger partial charge in [-0.15, -0.1) is 0 Å². The van der Waals surface area contributed by atoms with Gasteiger partial charge in [0.25, 0.3) is 0 Å². The van der Waals surface area contributed by atoms with Gasteiger partial charge in [-0.2, -0.15) is 14.7 Å². The largest absolute Gasteiger partial charge is 0.346 e. The Kier molecular flexibility index (Phi) is 5.04. The molecule has 0 aliphatic carbocycles. The van der Waals surface area contributed by atoms with E-state index >= 15 is 0 Å². The lowest BCUT2D eigenvalue weighted by Gasteiger charge is -2.21. The van der Waals surface area contributed by atoms with Crippen molar-refractivity contribution >= 4 is 21.1 Å². The Morgan fingerprint density at radius 1 is 1.25 bits per heavy atom. The average Bonchev–Trinajstić information content (AvgIpc) is 3.54. The maximum atomic E-state index is 13.2. The third-order valence-electron chi connectivity index (χ3n) is 6.05. The molecule has 1 saturated heterocycles. The van der Waals surface area contributed by atoms with Gasteiger partial charge in [0, 0.05) is 37.1 Å². The molecule has 4 aromatic rings. The fourth-order valence-electron chi connectivity index (χ4n) is 4.50. The predicted molar refractivity (Wildman–Crippen MR) is 120 cm³/mol. The highest BCUT2D eigenvalue weighted by molar-refractivity contribution is 7.89. The number of H-pyrrole nitrogens is 1. The Hall–Kier alpha value is -3.48. The van der Waals surface area contributed by atoms with Gasteiger partial charge in [-0.05, 0) is 55.7 Å². The normalized spacial score (nSPS) is 19.4. The lowest BCUT2D eigenvalue weighted by Crippen LogP contribution is -2.34. The number of nitrogens with zero attached hydrogens (tertiary/aromatic N) is 5. The van der Waals surface area contributed by atoms with Crippen LogP contribution < -0.4 is 0 Å². The van der Waals surface area contributed by atoms with Crippen LogP contribution >= 0.6 is 0 Å². The van der Waals surface area contributed by atoms with Crippen molar-refractivity contribution in [1.82, 2.24) is 24.1 Å². The quantitative estimate of drug-likeness (QED) is 0.506. The first-order valence-electron chi connectivity index (χ1n) is 10.4. The van der Waals surface area contributed by atoms with Crippen LogP contribution in [-0.4, -0.2) is 45.1 Å². The Morgan fingerprint density at radius 3 is 2.91 bits per heavy atom. The molecule has 0 bridgehead atoms. The molecule has 1 aliphatic rings. The van der Waals surface area contributed by atoms with E-state index in [1.165, 1.54) is 6.07 Å². The molecule has 162 valence electrons. The van der Waals surface area contributed by atoms with Gasteiger partial charge < -0.3 is 4.57 Å². The summed E-state index contributed by atoms with van der Waals surface area (Å²) in [4.78, 5) is 4.90. The second-order valence-corrected chi connectivity index (χ2v) is 10.1. The van der Waals surface area contributed by atoms with Crippen LogP contribution in [0.2, 0.25) is 0 Å². The number of fused-ring (bicyclic) bond motifs is 1. The summed E-state index contributed by atoms with van der Waals surface area (Å²) in [6, 6.07) is 14.1. The van der Waals surface area contributed by atoms with Gasteiger partial charge in [0.05, 0.1) is 39.5 Å². The van der Waals surface area contributed by atoms with Crippen LogP contribution in [0.5, 0.6) is 0 Å². The first kappa shape index (κ1) is 20.4. The van der Waals surface area contributed by atoms with Crippen molar-refractivity contribution < 1.29 is 8.42 Å². The lowest BCUT2D eigenvalue weighted by atomic mass is 10.1. The number of hydrogen-bond donors (Lipinski definition) is 1. The zero-order valence-corrected chi connectivity index (χ0v) is 18.3. The summed E-state index contributed by atoms with van der Waals surface area (Å²) < 4.78 is 30.1. The number of aromatic amines is 1. The summed E-state index contributed by atoms with van der Waals surface area (Å²) in [5.41, 5.74) is 4.05. The average molecular weight is 447 g/mol. The molecule has 4 heterocycles. The summed E-state index contributed by atoms with van der Waals surface area (Å²) in [5.74, 6) is 0.183. The maximum Gasteiger partial charge on any atom is 0.243 e. The molecule has 1 aliphatic heterocycles. The summed E-state index contributed by atoms with van der Waals surface area (Å²) in [6.07, 6.45) is 6.34. The third-order valence-corrected chi connectivity index (χ3v) is 8.02. The summed E-state index contributed by atoms with van der Waals surface area (Å²) in [5, 5.41) is 15.9. The molecule has 1 N–H and O–H groups in total. The van der Waals surface area contributed by atoms with E-state index in [0.717, 1.165) is 28.7 Å². The Bertz CT molecular complexity index is 1420. The number of rotatable bonds is 5. The van der Waals surface area contributed by atoms with E-state index in [9.17, 15) is 8.42 Å². The standard InChI is InChI=1S/C23H22N6O2S/c1-16-9-18(15-29(16)32(30,31)20-4-2-3-17(10-20)11-24)14-28-8-7-22-23(28)6-5-21(27-22)19-12-25-26-13-19/h2-8,10,12-13,16,18H,9,14-15H2,1H3,(H,25,26)/t16-,18-/m1/s1. The number of benzene rings is 1. The van der Waals surface area contributed by atoms with Crippen LogP contribution in [0.3, 0.4) is 0 Å². The van der Waals surface area contributed by atoms with Crippen molar-refractivity contribution in [1.29, 1.82) is 5.26 Å². The molecule has 2 atom stereocenters. The van der Waals surface area contributed by atoms with Crippen LogP contribution in [0.1, 0.15) is 18.9 Å². The minimum absolute atomic E-state index is 0.108. The summed E-state index contributed by atoms with van der Waals surface area (Å²) >= 11 is 0. The molecule has 3 aromatic heterocycles. The molecular weight excluding hydrogens is 424 g/mol. The van der Waals surface area contributed by atoms with E-state index in [0.29, 0.717) is 18.7 Å². The zero-order valence-electron chi connectivity index (χ0n) is 17.5. The van der Waals surface area contributed by atoms with Crippen LogP contribution in [0.4, 0.5) is 0 Å². The molecule has 1 aromatic carbocycles. The number of pyridine rings is 1. The van der Waals surface area contributed by atoms with Crippen LogP contribution in [0, 0.1) is 17.2 Å². The second-order valence-electron chi connectivity index (χ2n) is 8.22. The van der Waals surface area contributed by atoms with Crippen molar-refractivity contribution in [2.75, 3.05) is 6.54 Å². The van der Waals surface area contributed by atoms with Crippen LogP contribution in [-0.2, 0) is 16.6 Å². The maximum absolute atomic E-state index is 13.2. The van der Waals surface area contributed by atoms with Gasteiger partial charge in [-0.1, -0.05) is 6.07 Å². The summed E-state index contributed by atoms with van der Waals surface area (Å²) in [6.45, 7) is 3.10. The molecule has 9 heteroatoms.